The number of nitrogens with zero attached hydrogens (tertiary/aromatic N) is 1. The number of halogens is 1. The number of likely N-dealkylation sites (N-methyl/N-ethyl adjacent to an activating group) is 1. The molecular weight excluding hydrogens is 328 g/mol. The minimum absolute atomic E-state index is 0.0362. The average molecular weight is 345 g/mol. The molecule has 0 bridgehead atoms. The summed E-state index contributed by atoms with van der Waals surface area (Å²) in [4.78, 5) is 0.382. The Kier molecular flexibility index (Phi) is 4.25. The number of hydrogen-bond acceptors (Lipinski definition) is 4. The van der Waals surface area contributed by atoms with Crippen molar-refractivity contribution in [2.75, 3.05) is 20.1 Å². The first-order valence-corrected chi connectivity index (χ1v) is 9.57. The van der Waals surface area contributed by atoms with E-state index in [1.54, 1.807) is 21.8 Å². The van der Waals surface area contributed by atoms with Gasteiger partial charge in [0, 0.05) is 39.6 Å². The minimum atomic E-state index is -3.46. The first-order chi connectivity index (χ1) is 10.0. The van der Waals surface area contributed by atoms with Gasteiger partial charge >= 0.3 is 0 Å². The fraction of sp³-hybridized carbons (Fsp3) is 0.429. The first kappa shape index (κ1) is 15.2. The largest absolute Gasteiger partial charge is 0.318 e. The molecule has 1 unspecified atom stereocenters. The molecule has 1 aromatic carbocycles. The van der Waals surface area contributed by atoms with Gasteiger partial charge in [0.05, 0.1) is 0 Å². The van der Waals surface area contributed by atoms with Crippen LogP contribution in [0.15, 0.2) is 28.5 Å². The number of hydrogen-bond donors (Lipinski definition) is 1. The van der Waals surface area contributed by atoms with Crippen molar-refractivity contribution in [2.24, 2.45) is 0 Å². The molecule has 0 aliphatic carbocycles. The zero-order valence-electron chi connectivity index (χ0n) is 11.7. The lowest BCUT2D eigenvalue weighted by Gasteiger charge is -2.23. The third-order valence-corrected chi connectivity index (χ3v) is 7.19. The lowest BCUT2D eigenvalue weighted by Crippen LogP contribution is -2.40. The molecule has 2 heterocycles. The van der Waals surface area contributed by atoms with E-state index in [9.17, 15) is 8.42 Å². The Balaban J connectivity index is 2.06. The molecule has 7 heteroatoms. The van der Waals surface area contributed by atoms with Crippen LogP contribution < -0.4 is 5.32 Å². The van der Waals surface area contributed by atoms with E-state index in [0.717, 1.165) is 22.9 Å². The van der Waals surface area contributed by atoms with Crippen molar-refractivity contribution in [2.45, 2.75) is 23.8 Å². The second kappa shape index (κ2) is 5.85. The first-order valence-electron chi connectivity index (χ1n) is 6.87. The van der Waals surface area contributed by atoms with E-state index < -0.39 is 10.0 Å². The molecular formula is C14H17ClN2O2S2. The molecule has 2 aromatic rings. The number of rotatable bonds is 4. The third-order valence-electron chi connectivity index (χ3n) is 3.85. The molecule has 21 heavy (non-hydrogen) atoms. The van der Waals surface area contributed by atoms with Gasteiger partial charge in [0.15, 0.2) is 0 Å². The average Bonchev–Trinajstić information content (AvgIpc) is 3.05. The summed E-state index contributed by atoms with van der Waals surface area (Å²) < 4.78 is 28.5. The van der Waals surface area contributed by atoms with E-state index >= 15 is 0 Å². The molecule has 0 amide bonds. The van der Waals surface area contributed by atoms with Crippen molar-refractivity contribution < 1.29 is 8.42 Å². The zero-order valence-corrected chi connectivity index (χ0v) is 14.1. The maximum Gasteiger partial charge on any atom is 0.244 e. The number of benzene rings is 1. The van der Waals surface area contributed by atoms with Crippen LogP contribution >= 0.6 is 22.9 Å². The monoisotopic (exact) mass is 344 g/mol. The van der Waals surface area contributed by atoms with Crippen molar-refractivity contribution >= 4 is 43.0 Å². The summed E-state index contributed by atoms with van der Waals surface area (Å²) in [6.07, 6.45) is 1.82. The van der Waals surface area contributed by atoms with Crippen LogP contribution in [0.3, 0.4) is 0 Å². The summed E-state index contributed by atoms with van der Waals surface area (Å²) in [5.74, 6) is 0. The van der Waals surface area contributed by atoms with Gasteiger partial charge in [-0.2, -0.15) is 4.31 Å². The Hall–Kier alpha value is -0.660. The van der Waals surface area contributed by atoms with Gasteiger partial charge in [-0.15, -0.1) is 11.3 Å². The van der Waals surface area contributed by atoms with Crippen LogP contribution in [0.4, 0.5) is 0 Å². The standard InChI is InChI=1S/C14H17ClN2O2S2/c1-16-8-11-3-2-6-17(11)21(18,19)14-9-20-13-5-4-10(15)7-12(13)14/h4-5,7,9,11,16H,2-3,6,8H2,1H3. The Morgan fingerprint density at radius 1 is 1.48 bits per heavy atom. The van der Waals surface area contributed by atoms with Gasteiger partial charge in [0.2, 0.25) is 10.0 Å². The molecule has 1 aromatic heterocycles. The predicted molar refractivity (Wildman–Crippen MR) is 87.7 cm³/mol. The van der Waals surface area contributed by atoms with Gasteiger partial charge in [-0.3, -0.25) is 0 Å². The van der Waals surface area contributed by atoms with Gasteiger partial charge in [0.1, 0.15) is 4.90 Å². The fourth-order valence-electron chi connectivity index (χ4n) is 2.87. The van der Waals surface area contributed by atoms with Crippen molar-refractivity contribution in [1.82, 2.24) is 9.62 Å². The van der Waals surface area contributed by atoms with Crippen molar-refractivity contribution in [1.29, 1.82) is 0 Å². The highest BCUT2D eigenvalue weighted by atomic mass is 35.5. The van der Waals surface area contributed by atoms with Gasteiger partial charge in [-0.05, 0) is 38.1 Å². The second-order valence-electron chi connectivity index (χ2n) is 5.21. The van der Waals surface area contributed by atoms with Crippen LogP contribution in [0.2, 0.25) is 5.02 Å². The molecule has 3 rings (SSSR count). The highest BCUT2D eigenvalue weighted by molar-refractivity contribution is 7.89. The molecule has 0 spiro atoms. The van der Waals surface area contributed by atoms with Crippen LogP contribution in [0.25, 0.3) is 10.1 Å². The van der Waals surface area contributed by atoms with Gasteiger partial charge in [-0.1, -0.05) is 11.6 Å². The number of sulfonamides is 1. The summed E-state index contributed by atoms with van der Waals surface area (Å²) in [6, 6.07) is 5.44. The third kappa shape index (κ3) is 2.71. The van der Waals surface area contributed by atoms with Crippen molar-refractivity contribution in [3.8, 4) is 0 Å². The summed E-state index contributed by atoms with van der Waals surface area (Å²) in [5.41, 5.74) is 0. The van der Waals surface area contributed by atoms with Gasteiger partial charge in [0.25, 0.3) is 0 Å². The predicted octanol–water partition coefficient (Wildman–Crippen LogP) is 2.93. The second-order valence-corrected chi connectivity index (χ2v) is 8.42. The van der Waals surface area contributed by atoms with E-state index in [1.165, 1.54) is 11.3 Å². The quantitative estimate of drug-likeness (QED) is 0.927. The Morgan fingerprint density at radius 2 is 2.29 bits per heavy atom. The summed E-state index contributed by atoms with van der Waals surface area (Å²) in [6.45, 7) is 1.27. The van der Waals surface area contributed by atoms with Gasteiger partial charge in [-0.25, -0.2) is 8.42 Å². The Labute approximate surface area is 133 Å². The Bertz CT molecular complexity index is 757. The van der Waals surface area contributed by atoms with Crippen LogP contribution in [-0.2, 0) is 10.0 Å². The molecule has 0 radical (unpaired) electrons. The van der Waals surface area contributed by atoms with Crippen LogP contribution in [0.1, 0.15) is 12.8 Å². The summed E-state index contributed by atoms with van der Waals surface area (Å²) in [5, 5.41) is 6.09. The van der Waals surface area contributed by atoms with E-state index in [4.69, 9.17) is 11.6 Å². The SMILES string of the molecule is CNCC1CCCN1S(=O)(=O)c1csc2ccc(Cl)cc12. The molecule has 1 N–H and O–H groups in total. The van der Waals surface area contributed by atoms with E-state index in [2.05, 4.69) is 5.32 Å². The summed E-state index contributed by atoms with van der Waals surface area (Å²) in [7, 11) is -1.61. The maximum absolute atomic E-state index is 13.0. The molecule has 1 aliphatic heterocycles. The van der Waals surface area contributed by atoms with Crippen molar-refractivity contribution in [3.63, 3.8) is 0 Å². The van der Waals surface area contributed by atoms with E-state index in [0.29, 0.717) is 23.0 Å². The highest BCUT2D eigenvalue weighted by Crippen LogP contribution is 2.35. The normalized spacial score (nSPS) is 20.4. The number of fused-ring (bicyclic) bond motifs is 1. The smallest absolute Gasteiger partial charge is 0.244 e. The van der Waals surface area contributed by atoms with Crippen LogP contribution in [-0.4, -0.2) is 38.9 Å². The van der Waals surface area contributed by atoms with Crippen LogP contribution in [0.5, 0.6) is 0 Å². The highest BCUT2D eigenvalue weighted by Gasteiger charge is 2.36. The van der Waals surface area contributed by atoms with E-state index in [-0.39, 0.29) is 6.04 Å². The summed E-state index contributed by atoms with van der Waals surface area (Å²) >= 11 is 7.46. The number of thiophene rings is 1. The lowest BCUT2D eigenvalue weighted by atomic mass is 10.2. The molecule has 114 valence electrons. The minimum Gasteiger partial charge on any atom is -0.318 e. The molecule has 1 atom stereocenters. The van der Waals surface area contributed by atoms with Crippen molar-refractivity contribution in [3.05, 3.63) is 28.6 Å². The molecule has 1 saturated heterocycles. The zero-order chi connectivity index (χ0) is 15.0. The van der Waals surface area contributed by atoms with Crippen LogP contribution in [0, 0.1) is 0 Å². The molecule has 1 aliphatic rings. The fourth-order valence-corrected chi connectivity index (χ4v) is 6.18. The topological polar surface area (TPSA) is 49.4 Å². The Morgan fingerprint density at radius 3 is 3.05 bits per heavy atom. The maximum atomic E-state index is 13.0. The number of nitrogens with one attached hydrogen (secondary N) is 1. The molecule has 1 fully saturated rings. The van der Waals surface area contributed by atoms with Gasteiger partial charge < -0.3 is 5.32 Å². The van der Waals surface area contributed by atoms with E-state index in [1.807, 2.05) is 13.1 Å². The molecule has 0 saturated carbocycles. The lowest BCUT2D eigenvalue weighted by molar-refractivity contribution is 0.379. The molecule has 4 nitrogen and oxygen atoms in total.